The summed E-state index contributed by atoms with van der Waals surface area (Å²) in [6, 6.07) is 8.97. The van der Waals surface area contributed by atoms with Crippen molar-refractivity contribution in [1.82, 2.24) is 20.6 Å². The summed E-state index contributed by atoms with van der Waals surface area (Å²) < 4.78 is 38.4. The van der Waals surface area contributed by atoms with Gasteiger partial charge in [-0.3, -0.25) is 14.5 Å². The van der Waals surface area contributed by atoms with Crippen molar-refractivity contribution in [3.8, 4) is 0 Å². The van der Waals surface area contributed by atoms with Crippen LogP contribution in [0.25, 0.3) is 0 Å². The standard InChI is InChI=1S/C22H19ClF3N7O4/c1-21(29-20(36)33(31-21)12-5-3-2-4-6-12)16-14-15(37-30-16)19(35)32(18(14)34)8-7-27-17-13(23)9-11(10-28-17)22(24,25)26/h2-6,9-10,14-15,31H,7-8H2,1H3,(H,27,28)(H,29,36)/t14-,15+,21+/m1/s1. The number of likely N-dealkylation sites (tertiary alicyclic amines) is 1. The lowest BCUT2D eigenvalue weighted by atomic mass is 9.91. The number of para-hydroxylation sites is 1. The molecule has 3 atom stereocenters. The van der Waals surface area contributed by atoms with Crippen LogP contribution in [0.1, 0.15) is 12.5 Å². The lowest BCUT2D eigenvalue weighted by Gasteiger charge is -2.26. The number of amides is 4. The fourth-order valence-corrected chi connectivity index (χ4v) is 4.56. The molecular formula is C22H19ClF3N7O4. The smallest absolute Gasteiger partial charge is 0.381 e. The van der Waals surface area contributed by atoms with E-state index >= 15 is 0 Å². The first kappa shape index (κ1) is 24.8. The molecular weight excluding hydrogens is 519 g/mol. The van der Waals surface area contributed by atoms with Crippen LogP contribution < -0.4 is 21.1 Å². The van der Waals surface area contributed by atoms with E-state index in [1.807, 2.05) is 0 Å². The number of halogens is 4. The molecule has 15 heteroatoms. The van der Waals surface area contributed by atoms with Gasteiger partial charge in [-0.1, -0.05) is 35.0 Å². The molecule has 0 radical (unpaired) electrons. The zero-order chi connectivity index (χ0) is 26.5. The van der Waals surface area contributed by atoms with Crippen LogP contribution in [0.2, 0.25) is 5.02 Å². The van der Waals surface area contributed by atoms with Crippen LogP contribution in [-0.2, 0) is 20.6 Å². The summed E-state index contributed by atoms with van der Waals surface area (Å²) in [5, 5.41) is 10.4. The van der Waals surface area contributed by atoms with Gasteiger partial charge in [-0.15, -0.1) is 0 Å². The molecule has 2 fully saturated rings. The summed E-state index contributed by atoms with van der Waals surface area (Å²) in [4.78, 5) is 48.6. The number of benzene rings is 1. The van der Waals surface area contributed by atoms with Crippen LogP contribution in [0.3, 0.4) is 0 Å². The number of nitrogens with one attached hydrogen (secondary N) is 3. The number of aromatic nitrogens is 1. The third-order valence-corrected chi connectivity index (χ3v) is 6.41. The predicted molar refractivity (Wildman–Crippen MR) is 124 cm³/mol. The zero-order valence-corrected chi connectivity index (χ0v) is 19.8. The molecule has 3 N–H and O–H groups in total. The van der Waals surface area contributed by atoms with E-state index in [0.717, 1.165) is 11.0 Å². The maximum atomic E-state index is 13.2. The number of alkyl halides is 3. The maximum Gasteiger partial charge on any atom is 0.417 e. The molecule has 5 rings (SSSR count). The molecule has 3 aliphatic rings. The molecule has 3 aliphatic heterocycles. The number of imide groups is 1. The molecule has 2 saturated heterocycles. The Hall–Kier alpha value is -3.91. The molecule has 4 heterocycles. The van der Waals surface area contributed by atoms with E-state index < -0.39 is 47.3 Å². The molecule has 0 spiro atoms. The molecule has 0 saturated carbocycles. The number of nitrogens with zero attached hydrogens (tertiary/aromatic N) is 4. The summed E-state index contributed by atoms with van der Waals surface area (Å²) in [5.74, 6) is -2.32. The minimum atomic E-state index is -4.59. The third kappa shape index (κ3) is 4.31. The molecule has 0 bridgehead atoms. The fraction of sp³-hybridized carbons (Fsp3) is 0.318. The topological polar surface area (TPSA) is 128 Å². The number of anilines is 2. The Morgan fingerprint density at radius 2 is 1.92 bits per heavy atom. The number of hydrazine groups is 1. The van der Waals surface area contributed by atoms with E-state index in [0.29, 0.717) is 11.9 Å². The molecule has 2 aromatic rings. The van der Waals surface area contributed by atoms with Gasteiger partial charge in [0.15, 0.2) is 5.66 Å². The van der Waals surface area contributed by atoms with Crippen LogP contribution in [0.15, 0.2) is 47.8 Å². The van der Waals surface area contributed by atoms with Gasteiger partial charge in [0.05, 0.1) is 16.3 Å². The summed E-state index contributed by atoms with van der Waals surface area (Å²) in [7, 11) is 0. The molecule has 1 aromatic heterocycles. The van der Waals surface area contributed by atoms with E-state index in [-0.39, 0.29) is 29.6 Å². The van der Waals surface area contributed by atoms with Crippen LogP contribution >= 0.6 is 11.6 Å². The molecule has 194 valence electrons. The second-order valence-corrected chi connectivity index (χ2v) is 9.03. The van der Waals surface area contributed by atoms with Crippen molar-refractivity contribution in [2.24, 2.45) is 11.1 Å². The average Bonchev–Trinajstić information content (AvgIpc) is 3.49. The van der Waals surface area contributed by atoms with E-state index in [9.17, 15) is 27.6 Å². The number of pyridine rings is 1. The molecule has 1 aromatic carbocycles. The quantitative estimate of drug-likeness (QED) is 0.483. The lowest BCUT2D eigenvalue weighted by Crippen LogP contribution is -2.58. The second kappa shape index (κ2) is 8.88. The number of carbonyl (C=O) groups is 3. The van der Waals surface area contributed by atoms with E-state index in [1.165, 1.54) is 5.01 Å². The van der Waals surface area contributed by atoms with Crippen molar-refractivity contribution in [2.75, 3.05) is 23.4 Å². The van der Waals surface area contributed by atoms with Gasteiger partial charge in [-0.05, 0) is 25.1 Å². The summed E-state index contributed by atoms with van der Waals surface area (Å²) in [5.41, 5.74) is 1.36. The summed E-state index contributed by atoms with van der Waals surface area (Å²) in [6.07, 6.45) is -5.16. The first-order valence-electron chi connectivity index (χ1n) is 11.0. The van der Waals surface area contributed by atoms with Gasteiger partial charge in [0, 0.05) is 19.3 Å². The van der Waals surface area contributed by atoms with Crippen LogP contribution in [-0.4, -0.2) is 58.3 Å². The van der Waals surface area contributed by atoms with Gasteiger partial charge >= 0.3 is 12.2 Å². The van der Waals surface area contributed by atoms with Gasteiger partial charge in [-0.2, -0.15) is 18.6 Å². The van der Waals surface area contributed by atoms with Crippen molar-refractivity contribution in [3.05, 3.63) is 53.2 Å². The number of oxime groups is 1. The van der Waals surface area contributed by atoms with E-state index in [2.05, 4.69) is 26.2 Å². The third-order valence-electron chi connectivity index (χ3n) is 6.12. The molecule has 4 amide bonds. The van der Waals surface area contributed by atoms with Crippen LogP contribution in [0.5, 0.6) is 0 Å². The van der Waals surface area contributed by atoms with Crippen molar-refractivity contribution < 1.29 is 32.4 Å². The summed E-state index contributed by atoms with van der Waals surface area (Å²) in [6.45, 7) is 1.43. The van der Waals surface area contributed by atoms with Gasteiger partial charge in [0.2, 0.25) is 12.0 Å². The van der Waals surface area contributed by atoms with Gasteiger partial charge in [0.1, 0.15) is 17.4 Å². The van der Waals surface area contributed by atoms with Crippen LogP contribution in [0, 0.1) is 5.92 Å². The molecule has 0 unspecified atom stereocenters. The van der Waals surface area contributed by atoms with E-state index in [1.54, 1.807) is 37.3 Å². The second-order valence-electron chi connectivity index (χ2n) is 8.63. The highest BCUT2D eigenvalue weighted by atomic mass is 35.5. The number of urea groups is 1. The lowest BCUT2D eigenvalue weighted by molar-refractivity contribution is -0.142. The maximum absolute atomic E-state index is 13.2. The number of hydrogen-bond acceptors (Lipinski definition) is 8. The van der Waals surface area contributed by atoms with Gasteiger partial charge in [-0.25, -0.2) is 14.8 Å². The normalized spacial score (nSPS) is 25.2. The van der Waals surface area contributed by atoms with Gasteiger partial charge < -0.3 is 15.5 Å². The van der Waals surface area contributed by atoms with Crippen molar-refractivity contribution in [3.63, 3.8) is 0 Å². The zero-order valence-electron chi connectivity index (χ0n) is 19.0. The monoisotopic (exact) mass is 537 g/mol. The molecule has 0 aliphatic carbocycles. The minimum absolute atomic E-state index is 0.0289. The van der Waals surface area contributed by atoms with Crippen molar-refractivity contribution >= 4 is 46.7 Å². The Morgan fingerprint density at radius 3 is 2.59 bits per heavy atom. The Labute approximate surface area is 212 Å². The minimum Gasteiger partial charge on any atom is -0.381 e. The first-order valence-corrected chi connectivity index (χ1v) is 11.4. The van der Waals surface area contributed by atoms with Crippen molar-refractivity contribution in [1.29, 1.82) is 0 Å². The number of carbonyl (C=O) groups excluding carboxylic acids is 3. The number of hydrogen-bond donors (Lipinski definition) is 3. The Balaban J connectivity index is 1.26. The number of fused-ring (bicyclic) bond motifs is 1. The highest BCUT2D eigenvalue weighted by Gasteiger charge is 2.61. The van der Waals surface area contributed by atoms with Crippen LogP contribution in [0.4, 0.5) is 29.5 Å². The Kier molecular flexibility index (Phi) is 5.95. The molecule has 37 heavy (non-hydrogen) atoms. The first-order chi connectivity index (χ1) is 17.5. The Morgan fingerprint density at radius 1 is 1.19 bits per heavy atom. The van der Waals surface area contributed by atoms with Gasteiger partial charge in [0.25, 0.3) is 5.91 Å². The largest absolute Gasteiger partial charge is 0.417 e. The highest BCUT2D eigenvalue weighted by Crippen LogP contribution is 2.35. The fourth-order valence-electron chi connectivity index (χ4n) is 4.32. The number of rotatable bonds is 6. The Bertz CT molecular complexity index is 1310. The average molecular weight is 538 g/mol. The highest BCUT2D eigenvalue weighted by molar-refractivity contribution is 6.33. The van der Waals surface area contributed by atoms with E-state index in [4.69, 9.17) is 16.4 Å². The predicted octanol–water partition coefficient (Wildman–Crippen LogP) is 2.36. The van der Waals surface area contributed by atoms with Crippen molar-refractivity contribution in [2.45, 2.75) is 24.9 Å². The molecule has 11 nitrogen and oxygen atoms in total. The summed E-state index contributed by atoms with van der Waals surface area (Å²) >= 11 is 5.89. The SMILES string of the molecule is C[C@]1(C2=NO[C@@H]3C(=O)N(CCNc4ncc(C(F)(F)F)cc4Cl)C(=O)[C@@H]23)NC(=O)N(c2ccccc2)N1.